The van der Waals surface area contributed by atoms with E-state index >= 15 is 0 Å². The van der Waals surface area contributed by atoms with Crippen LogP contribution in [-0.2, 0) is 12.3 Å². The van der Waals surface area contributed by atoms with Crippen molar-refractivity contribution in [2.24, 2.45) is 0 Å². The molecule has 8 heteroatoms. The van der Waals surface area contributed by atoms with Crippen LogP contribution in [0.3, 0.4) is 0 Å². The van der Waals surface area contributed by atoms with Gasteiger partial charge in [-0.1, -0.05) is 53.2 Å². The minimum absolute atomic E-state index is 0.0350. The fourth-order valence-corrected chi connectivity index (χ4v) is 4.82. The molecule has 0 saturated carbocycles. The van der Waals surface area contributed by atoms with Crippen molar-refractivity contribution < 1.29 is 0 Å². The molecule has 0 aliphatic rings. The summed E-state index contributed by atoms with van der Waals surface area (Å²) in [6.45, 7) is 2.79. The van der Waals surface area contributed by atoms with Crippen LogP contribution in [0, 0.1) is 0 Å². The highest BCUT2D eigenvalue weighted by atomic mass is 79.9. The van der Waals surface area contributed by atoms with E-state index in [1.54, 1.807) is 16.3 Å². The number of rotatable bonds is 6. The van der Waals surface area contributed by atoms with Crippen LogP contribution in [0.15, 0.2) is 50.1 Å². The molecule has 3 heterocycles. The Hall–Kier alpha value is -1.64. The molecule has 0 radical (unpaired) electrons. The van der Waals surface area contributed by atoms with Crippen LogP contribution < -0.4 is 5.56 Å². The standard InChI is InChI=1S/C18H17BrN4OS2/c1-2-3-9-22-16(24)15-14(8-10-25-15)23-17(22)20-21-18(23)26-11-12-4-6-13(19)7-5-12/h4-8,10H,2-3,9,11H2,1H3. The maximum absolute atomic E-state index is 12.8. The number of hydrogen-bond donors (Lipinski definition) is 0. The van der Waals surface area contributed by atoms with Gasteiger partial charge in [0.1, 0.15) is 4.70 Å². The summed E-state index contributed by atoms with van der Waals surface area (Å²) in [7, 11) is 0. The number of halogens is 1. The normalized spacial score (nSPS) is 11.6. The molecule has 5 nitrogen and oxygen atoms in total. The second-order valence-electron chi connectivity index (χ2n) is 5.98. The number of aryl methyl sites for hydroxylation is 1. The highest BCUT2D eigenvalue weighted by molar-refractivity contribution is 9.10. The van der Waals surface area contributed by atoms with Gasteiger partial charge in [-0.2, -0.15) is 0 Å². The van der Waals surface area contributed by atoms with Crippen molar-refractivity contribution in [1.82, 2.24) is 19.2 Å². The van der Waals surface area contributed by atoms with Crippen molar-refractivity contribution in [2.75, 3.05) is 0 Å². The van der Waals surface area contributed by atoms with Crippen LogP contribution in [-0.4, -0.2) is 19.2 Å². The zero-order valence-electron chi connectivity index (χ0n) is 14.2. The van der Waals surface area contributed by atoms with Crippen molar-refractivity contribution in [2.45, 2.75) is 37.2 Å². The van der Waals surface area contributed by atoms with Crippen LogP contribution >= 0.6 is 39.0 Å². The Bertz CT molecular complexity index is 1110. The SMILES string of the molecule is CCCCn1c(=O)c2sccc2n2c(SCc3ccc(Br)cc3)nnc12. The first-order valence-electron chi connectivity index (χ1n) is 8.41. The molecule has 0 amide bonds. The van der Waals surface area contributed by atoms with E-state index in [1.807, 2.05) is 28.0 Å². The van der Waals surface area contributed by atoms with E-state index in [4.69, 9.17) is 0 Å². The molecule has 0 aliphatic heterocycles. The summed E-state index contributed by atoms with van der Waals surface area (Å²) in [5.74, 6) is 1.43. The summed E-state index contributed by atoms with van der Waals surface area (Å²) in [4.78, 5) is 12.8. The lowest BCUT2D eigenvalue weighted by Gasteiger charge is -2.08. The number of benzene rings is 1. The Balaban J connectivity index is 1.77. The van der Waals surface area contributed by atoms with Gasteiger partial charge in [-0.15, -0.1) is 21.5 Å². The van der Waals surface area contributed by atoms with Crippen LogP contribution in [0.1, 0.15) is 25.3 Å². The molecule has 26 heavy (non-hydrogen) atoms. The predicted octanol–water partition coefficient (Wildman–Crippen LogP) is 4.96. The fourth-order valence-electron chi connectivity index (χ4n) is 2.84. The van der Waals surface area contributed by atoms with E-state index in [-0.39, 0.29) is 5.56 Å². The minimum Gasteiger partial charge on any atom is -0.276 e. The maximum atomic E-state index is 12.8. The van der Waals surface area contributed by atoms with Gasteiger partial charge in [-0.05, 0) is 35.6 Å². The quantitative estimate of drug-likeness (QED) is 0.391. The maximum Gasteiger partial charge on any atom is 0.272 e. The van der Waals surface area contributed by atoms with Crippen molar-refractivity contribution in [3.05, 3.63) is 56.1 Å². The molecule has 3 aromatic heterocycles. The monoisotopic (exact) mass is 448 g/mol. The second-order valence-corrected chi connectivity index (χ2v) is 8.75. The summed E-state index contributed by atoms with van der Waals surface area (Å²) < 4.78 is 5.61. The summed E-state index contributed by atoms with van der Waals surface area (Å²) in [6, 6.07) is 10.2. The molecule has 0 fully saturated rings. The molecule has 0 aliphatic carbocycles. The summed E-state index contributed by atoms with van der Waals surface area (Å²) in [6.07, 6.45) is 1.97. The molecular weight excluding hydrogens is 432 g/mol. The first kappa shape index (κ1) is 17.8. The molecule has 0 bridgehead atoms. The van der Waals surface area contributed by atoms with Crippen molar-refractivity contribution in [1.29, 1.82) is 0 Å². The predicted molar refractivity (Wildman–Crippen MR) is 111 cm³/mol. The lowest BCUT2D eigenvalue weighted by Crippen LogP contribution is -2.22. The highest BCUT2D eigenvalue weighted by Crippen LogP contribution is 2.27. The van der Waals surface area contributed by atoms with E-state index in [0.29, 0.717) is 12.3 Å². The third-order valence-electron chi connectivity index (χ3n) is 4.20. The van der Waals surface area contributed by atoms with Gasteiger partial charge in [0.15, 0.2) is 5.16 Å². The van der Waals surface area contributed by atoms with Gasteiger partial charge in [0, 0.05) is 16.8 Å². The average molecular weight is 449 g/mol. The van der Waals surface area contributed by atoms with E-state index in [0.717, 1.165) is 38.4 Å². The third kappa shape index (κ3) is 3.21. The van der Waals surface area contributed by atoms with Crippen molar-refractivity contribution in [3.63, 3.8) is 0 Å². The first-order valence-corrected chi connectivity index (χ1v) is 11.1. The topological polar surface area (TPSA) is 52.2 Å². The van der Waals surface area contributed by atoms with Gasteiger partial charge >= 0.3 is 0 Å². The molecular formula is C18H17BrN4OS2. The van der Waals surface area contributed by atoms with E-state index in [1.165, 1.54) is 16.9 Å². The zero-order chi connectivity index (χ0) is 18.1. The van der Waals surface area contributed by atoms with Crippen LogP contribution in [0.2, 0.25) is 0 Å². The van der Waals surface area contributed by atoms with Gasteiger partial charge in [-0.25, -0.2) is 0 Å². The molecule has 1 aromatic carbocycles. The molecule has 134 valence electrons. The van der Waals surface area contributed by atoms with Crippen molar-refractivity contribution >= 4 is 55.0 Å². The molecule has 4 aromatic rings. The number of fused-ring (bicyclic) bond motifs is 3. The number of unbranched alkanes of at least 4 members (excludes halogenated alkanes) is 1. The number of thioether (sulfide) groups is 1. The summed E-state index contributed by atoms with van der Waals surface area (Å²) in [5, 5.41) is 11.5. The van der Waals surface area contributed by atoms with Crippen LogP contribution in [0.5, 0.6) is 0 Å². The Morgan fingerprint density at radius 1 is 1.19 bits per heavy atom. The Labute approximate surface area is 167 Å². The second kappa shape index (κ2) is 7.54. The number of nitrogens with zero attached hydrogens (tertiary/aromatic N) is 4. The van der Waals surface area contributed by atoms with Crippen LogP contribution in [0.4, 0.5) is 0 Å². The van der Waals surface area contributed by atoms with Gasteiger partial charge in [0.05, 0.1) is 5.52 Å². The Kier molecular flexibility index (Phi) is 5.15. The Morgan fingerprint density at radius 3 is 2.77 bits per heavy atom. The highest BCUT2D eigenvalue weighted by Gasteiger charge is 2.17. The van der Waals surface area contributed by atoms with E-state index in [2.05, 4.69) is 45.2 Å². The molecule has 0 unspecified atom stereocenters. The smallest absolute Gasteiger partial charge is 0.272 e. The molecule has 0 spiro atoms. The lowest BCUT2D eigenvalue weighted by molar-refractivity contribution is 0.621. The van der Waals surface area contributed by atoms with Gasteiger partial charge in [0.25, 0.3) is 5.56 Å². The summed E-state index contributed by atoms with van der Waals surface area (Å²) >= 11 is 6.58. The van der Waals surface area contributed by atoms with Gasteiger partial charge < -0.3 is 0 Å². The first-order chi connectivity index (χ1) is 12.7. The Morgan fingerprint density at radius 2 is 2.00 bits per heavy atom. The third-order valence-corrected chi connectivity index (χ3v) is 6.62. The zero-order valence-corrected chi connectivity index (χ0v) is 17.4. The average Bonchev–Trinajstić information content (AvgIpc) is 3.28. The number of aromatic nitrogens is 4. The van der Waals surface area contributed by atoms with E-state index in [9.17, 15) is 4.79 Å². The lowest BCUT2D eigenvalue weighted by atomic mass is 10.2. The van der Waals surface area contributed by atoms with Gasteiger partial charge in [0.2, 0.25) is 5.78 Å². The molecule has 0 atom stereocenters. The molecule has 0 saturated heterocycles. The molecule has 0 N–H and O–H groups in total. The van der Waals surface area contributed by atoms with Gasteiger partial charge in [-0.3, -0.25) is 13.8 Å². The van der Waals surface area contributed by atoms with E-state index < -0.39 is 0 Å². The summed E-state index contributed by atoms with van der Waals surface area (Å²) in [5.41, 5.74) is 2.15. The largest absolute Gasteiger partial charge is 0.276 e. The number of thiophene rings is 1. The minimum atomic E-state index is 0.0350. The molecule has 4 rings (SSSR count). The number of hydrogen-bond acceptors (Lipinski definition) is 5. The fraction of sp³-hybridized carbons (Fsp3) is 0.278. The van der Waals surface area contributed by atoms with Crippen molar-refractivity contribution in [3.8, 4) is 0 Å². The van der Waals surface area contributed by atoms with Crippen LogP contribution in [0.25, 0.3) is 16.0 Å².